The molecule has 0 aliphatic heterocycles. The van der Waals surface area contributed by atoms with E-state index in [-0.39, 0.29) is 23.6 Å². The lowest BCUT2D eigenvalue weighted by atomic mass is 10.0. The van der Waals surface area contributed by atoms with Gasteiger partial charge in [0.25, 0.3) is 5.91 Å². The lowest BCUT2D eigenvalue weighted by molar-refractivity contribution is 0.101. The number of anilines is 1. The maximum atomic E-state index is 13.1. The Morgan fingerprint density at radius 1 is 1.03 bits per heavy atom. The van der Waals surface area contributed by atoms with E-state index in [1.807, 2.05) is 36.4 Å². The Morgan fingerprint density at radius 2 is 1.81 bits per heavy atom. The standard InChI is InChI=1S/C28H29N5O3/c1-32-15-7-12-24(32)27(35)30-21-13-14-22(26(34)16-21)23-17-25(20-10-5-6-11-20)33(31-23)28(36)29-18-19-8-3-2-4-9-19/h2-4,7-9,12-17,20,34H,5-6,10-11,18H2,1H3,(H,29,36)(H,30,35). The summed E-state index contributed by atoms with van der Waals surface area (Å²) in [6, 6.07) is 19.8. The van der Waals surface area contributed by atoms with Crippen LogP contribution in [0.1, 0.15) is 53.3 Å². The third-order valence-electron chi connectivity index (χ3n) is 6.70. The zero-order valence-electron chi connectivity index (χ0n) is 20.1. The number of amides is 2. The van der Waals surface area contributed by atoms with E-state index in [0.29, 0.717) is 29.2 Å². The average molecular weight is 484 g/mol. The first kappa shape index (κ1) is 23.4. The summed E-state index contributed by atoms with van der Waals surface area (Å²) in [6.07, 6.45) is 6.05. The summed E-state index contributed by atoms with van der Waals surface area (Å²) in [5, 5.41) is 21.2. The quantitative estimate of drug-likeness (QED) is 0.348. The van der Waals surface area contributed by atoms with E-state index in [1.54, 1.807) is 42.1 Å². The van der Waals surface area contributed by atoms with Crippen molar-refractivity contribution in [3.63, 3.8) is 0 Å². The maximum absolute atomic E-state index is 13.1. The topological polar surface area (TPSA) is 101 Å². The Morgan fingerprint density at radius 3 is 2.50 bits per heavy atom. The highest BCUT2D eigenvalue weighted by Gasteiger charge is 2.26. The predicted molar refractivity (Wildman–Crippen MR) is 138 cm³/mol. The van der Waals surface area contributed by atoms with Crippen LogP contribution in [-0.2, 0) is 13.6 Å². The molecule has 2 aromatic heterocycles. The number of carbonyl (C=O) groups excluding carboxylic acids is 2. The van der Waals surface area contributed by atoms with Crippen molar-refractivity contribution in [1.29, 1.82) is 0 Å². The zero-order valence-corrected chi connectivity index (χ0v) is 20.1. The van der Waals surface area contributed by atoms with Gasteiger partial charge in [-0.25, -0.2) is 4.79 Å². The van der Waals surface area contributed by atoms with E-state index < -0.39 is 0 Å². The molecule has 1 saturated carbocycles. The number of hydrogen-bond donors (Lipinski definition) is 3. The van der Waals surface area contributed by atoms with Gasteiger partial charge in [0.2, 0.25) is 0 Å². The molecule has 0 unspecified atom stereocenters. The summed E-state index contributed by atoms with van der Waals surface area (Å²) < 4.78 is 3.17. The van der Waals surface area contributed by atoms with Crippen LogP contribution in [0.3, 0.4) is 0 Å². The second-order valence-corrected chi connectivity index (χ2v) is 9.18. The predicted octanol–water partition coefficient (Wildman–Crippen LogP) is 5.26. The van der Waals surface area contributed by atoms with Crippen LogP contribution in [0, 0.1) is 0 Å². The molecule has 8 heteroatoms. The zero-order chi connectivity index (χ0) is 25.1. The van der Waals surface area contributed by atoms with Gasteiger partial charge in [-0.05, 0) is 48.7 Å². The second kappa shape index (κ2) is 10.1. The smallest absolute Gasteiger partial charge is 0.342 e. The molecule has 0 bridgehead atoms. The van der Waals surface area contributed by atoms with Crippen LogP contribution in [0.5, 0.6) is 5.75 Å². The molecule has 5 rings (SSSR count). The molecule has 2 heterocycles. The molecule has 1 aliphatic carbocycles. The molecule has 2 aromatic carbocycles. The summed E-state index contributed by atoms with van der Waals surface area (Å²) in [5.41, 5.74) is 3.86. The van der Waals surface area contributed by atoms with Crippen LogP contribution in [0.15, 0.2) is 72.9 Å². The fraction of sp³-hybridized carbons (Fsp3) is 0.250. The molecule has 0 atom stereocenters. The number of phenols is 1. The van der Waals surface area contributed by atoms with E-state index in [9.17, 15) is 14.7 Å². The van der Waals surface area contributed by atoms with Crippen LogP contribution in [0.25, 0.3) is 11.3 Å². The number of nitrogens with one attached hydrogen (secondary N) is 2. The first-order chi connectivity index (χ1) is 17.5. The molecule has 2 amide bonds. The van der Waals surface area contributed by atoms with Crippen LogP contribution in [0.4, 0.5) is 10.5 Å². The fourth-order valence-electron chi connectivity index (χ4n) is 4.77. The number of hydrogen-bond acceptors (Lipinski definition) is 4. The van der Waals surface area contributed by atoms with Gasteiger partial charge in [0, 0.05) is 43.0 Å². The van der Waals surface area contributed by atoms with Crippen LogP contribution < -0.4 is 10.6 Å². The number of nitrogens with zero attached hydrogens (tertiary/aromatic N) is 3. The number of aromatic hydroxyl groups is 1. The van der Waals surface area contributed by atoms with E-state index in [4.69, 9.17) is 0 Å². The number of aromatic nitrogens is 3. The van der Waals surface area contributed by atoms with Crippen molar-refractivity contribution in [2.75, 3.05) is 5.32 Å². The van der Waals surface area contributed by atoms with Crippen molar-refractivity contribution in [1.82, 2.24) is 19.7 Å². The van der Waals surface area contributed by atoms with Crippen molar-refractivity contribution in [2.24, 2.45) is 7.05 Å². The number of benzene rings is 2. The van der Waals surface area contributed by atoms with Crippen molar-refractivity contribution >= 4 is 17.6 Å². The molecular weight excluding hydrogens is 454 g/mol. The van der Waals surface area contributed by atoms with Crippen molar-refractivity contribution in [3.05, 3.63) is 89.9 Å². The SMILES string of the molecule is Cn1cccc1C(=O)Nc1ccc(-c2cc(C3CCCC3)n(C(=O)NCc3ccccc3)n2)c(O)c1. The Hall–Kier alpha value is -4.33. The molecule has 36 heavy (non-hydrogen) atoms. The Balaban J connectivity index is 1.39. The molecule has 0 radical (unpaired) electrons. The van der Waals surface area contributed by atoms with Gasteiger partial charge in [-0.2, -0.15) is 9.78 Å². The molecule has 0 saturated heterocycles. The second-order valence-electron chi connectivity index (χ2n) is 9.18. The summed E-state index contributed by atoms with van der Waals surface area (Å²) in [4.78, 5) is 25.6. The van der Waals surface area contributed by atoms with Crippen LogP contribution in [0.2, 0.25) is 0 Å². The Labute approximate surface area is 209 Å². The minimum atomic E-state index is -0.294. The fourth-order valence-corrected chi connectivity index (χ4v) is 4.77. The van der Waals surface area contributed by atoms with Crippen molar-refractivity contribution in [3.8, 4) is 17.0 Å². The first-order valence-electron chi connectivity index (χ1n) is 12.2. The van der Waals surface area contributed by atoms with E-state index in [1.165, 1.54) is 10.7 Å². The van der Waals surface area contributed by atoms with E-state index in [2.05, 4.69) is 15.7 Å². The van der Waals surface area contributed by atoms with E-state index in [0.717, 1.165) is 36.9 Å². The van der Waals surface area contributed by atoms with Gasteiger partial charge in [0.1, 0.15) is 11.4 Å². The normalized spacial score (nSPS) is 13.6. The van der Waals surface area contributed by atoms with Crippen LogP contribution >= 0.6 is 0 Å². The lowest BCUT2D eigenvalue weighted by Gasteiger charge is -2.12. The maximum Gasteiger partial charge on any atom is 0.342 e. The lowest BCUT2D eigenvalue weighted by Crippen LogP contribution is -2.30. The third-order valence-corrected chi connectivity index (χ3v) is 6.70. The third kappa shape index (κ3) is 4.88. The molecule has 184 valence electrons. The summed E-state index contributed by atoms with van der Waals surface area (Å²) in [6.45, 7) is 0.403. The molecule has 8 nitrogen and oxygen atoms in total. The highest BCUT2D eigenvalue weighted by atomic mass is 16.3. The first-order valence-corrected chi connectivity index (χ1v) is 12.2. The number of phenolic OH excluding ortho intramolecular Hbond substituents is 1. The Bertz CT molecular complexity index is 1380. The number of rotatable bonds is 6. The molecule has 0 spiro atoms. The summed E-state index contributed by atoms with van der Waals surface area (Å²) in [7, 11) is 1.80. The molecule has 1 fully saturated rings. The van der Waals surface area contributed by atoms with Crippen LogP contribution in [-0.4, -0.2) is 31.4 Å². The largest absolute Gasteiger partial charge is 0.507 e. The van der Waals surface area contributed by atoms with Gasteiger partial charge < -0.3 is 20.3 Å². The highest BCUT2D eigenvalue weighted by molar-refractivity contribution is 6.03. The number of aryl methyl sites for hydroxylation is 1. The van der Waals surface area contributed by atoms with E-state index >= 15 is 0 Å². The molecular formula is C28H29N5O3. The van der Waals surface area contributed by atoms with Crippen molar-refractivity contribution in [2.45, 2.75) is 38.1 Å². The van der Waals surface area contributed by atoms with Gasteiger partial charge in [-0.15, -0.1) is 0 Å². The summed E-state index contributed by atoms with van der Waals surface area (Å²) >= 11 is 0. The van der Waals surface area contributed by atoms with Crippen molar-refractivity contribution < 1.29 is 14.7 Å². The van der Waals surface area contributed by atoms with Gasteiger partial charge in [0.15, 0.2) is 0 Å². The van der Waals surface area contributed by atoms with Gasteiger partial charge >= 0.3 is 6.03 Å². The highest BCUT2D eigenvalue weighted by Crippen LogP contribution is 2.38. The monoisotopic (exact) mass is 483 g/mol. The minimum absolute atomic E-state index is 0.0213. The molecule has 1 aliphatic rings. The summed E-state index contributed by atoms with van der Waals surface area (Å²) in [5.74, 6) is -0.0377. The van der Waals surface area contributed by atoms with Gasteiger partial charge in [-0.1, -0.05) is 43.2 Å². The molecule has 3 N–H and O–H groups in total. The van der Waals surface area contributed by atoms with Gasteiger partial charge in [-0.3, -0.25) is 4.79 Å². The number of carbonyl (C=O) groups is 2. The molecule has 4 aromatic rings. The van der Waals surface area contributed by atoms with Gasteiger partial charge in [0.05, 0.1) is 11.4 Å². The average Bonchev–Trinajstić information content (AvgIpc) is 3.64. The Kier molecular flexibility index (Phi) is 6.58. The minimum Gasteiger partial charge on any atom is -0.507 e.